The molecule has 2 N–H and O–H groups in total. The first kappa shape index (κ1) is 16.7. The first-order chi connectivity index (χ1) is 12.5. The molecule has 0 radical (unpaired) electrons. The fourth-order valence-corrected chi connectivity index (χ4v) is 4.47. The van der Waals surface area contributed by atoms with Gasteiger partial charge in [0.25, 0.3) is 0 Å². The second-order valence-corrected chi connectivity index (χ2v) is 7.20. The molecule has 2 fully saturated rings. The summed E-state index contributed by atoms with van der Waals surface area (Å²) in [5, 5.41) is 4.77. The third kappa shape index (κ3) is 2.65. The van der Waals surface area contributed by atoms with Crippen LogP contribution in [0.1, 0.15) is 12.8 Å². The van der Waals surface area contributed by atoms with Gasteiger partial charge in [0.05, 0.1) is 17.8 Å². The number of hydrogen-bond donors (Lipinski definition) is 2. The molecule has 1 saturated carbocycles. The molecule has 4 rings (SSSR count). The number of nitrogens with zero attached hydrogens (tertiary/aromatic N) is 1. The van der Waals surface area contributed by atoms with Crippen molar-refractivity contribution in [3.05, 3.63) is 24.3 Å². The van der Waals surface area contributed by atoms with Crippen molar-refractivity contribution in [1.82, 2.24) is 15.5 Å². The average molecular weight is 357 g/mol. The standard InChI is InChI=1S/C18H19N3O5/c22-12-4-3-11(16(24)20-12)8-13(23)19-5-6-21-17(25)14-9-1-2-10(7-9)15(14)18(21)26/h1-4,9-11,14-15H,5-8H2,(H,19,23)(H,20,22,24)/t9-,10+,11?,14+,15-. The summed E-state index contributed by atoms with van der Waals surface area (Å²) in [6, 6.07) is 0. The molecule has 2 aliphatic carbocycles. The van der Waals surface area contributed by atoms with Crippen LogP contribution in [0.4, 0.5) is 0 Å². The van der Waals surface area contributed by atoms with Crippen molar-refractivity contribution in [2.75, 3.05) is 13.1 Å². The Bertz CT molecular complexity index is 741. The third-order valence-electron chi connectivity index (χ3n) is 5.69. The second-order valence-electron chi connectivity index (χ2n) is 7.20. The number of hydrogen-bond acceptors (Lipinski definition) is 5. The first-order valence-corrected chi connectivity index (χ1v) is 8.79. The Morgan fingerprint density at radius 3 is 2.35 bits per heavy atom. The highest BCUT2D eigenvalue weighted by atomic mass is 16.2. The van der Waals surface area contributed by atoms with Gasteiger partial charge >= 0.3 is 0 Å². The van der Waals surface area contributed by atoms with Crippen LogP contribution >= 0.6 is 0 Å². The van der Waals surface area contributed by atoms with Crippen molar-refractivity contribution in [2.45, 2.75) is 12.8 Å². The Kier molecular flexibility index (Phi) is 3.97. The predicted molar refractivity (Wildman–Crippen MR) is 87.8 cm³/mol. The van der Waals surface area contributed by atoms with Crippen LogP contribution in [-0.2, 0) is 24.0 Å². The maximum Gasteiger partial charge on any atom is 0.250 e. The lowest BCUT2D eigenvalue weighted by atomic mass is 9.85. The minimum absolute atomic E-state index is 0.0865. The largest absolute Gasteiger partial charge is 0.354 e. The van der Waals surface area contributed by atoms with Crippen LogP contribution in [0.3, 0.4) is 0 Å². The molecule has 136 valence electrons. The van der Waals surface area contributed by atoms with Crippen LogP contribution in [0.15, 0.2) is 24.3 Å². The zero-order valence-corrected chi connectivity index (χ0v) is 14.0. The van der Waals surface area contributed by atoms with Crippen LogP contribution in [0, 0.1) is 29.6 Å². The number of fused-ring (bicyclic) bond motifs is 5. The number of imide groups is 2. The van der Waals surface area contributed by atoms with E-state index < -0.39 is 17.7 Å². The smallest absolute Gasteiger partial charge is 0.250 e. The van der Waals surface area contributed by atoms with Crippen LogP contribution < -0.4 is 10.6 Å². The highest BCUT2D eigenvalue weighted by Gasteiger charge is 2.58. The summed E-state index contributed by atoms with van der Waals surface area (Å²) >= 11 is 0. The molecular weight excluding hydrogens is 338 g/mol. The van der Waals surface area contributed by atoms with Gasteiger partial charge in [0.2, 0.25) is 29.5 Å². The molecule has 4 aliphatic rings. The molecule has 2 aliphatic heterocycles. The summed E-state index contributed by atoms with van der Waals surface area (Å²) < 4.78 is 0. The Morgan fingerprint density at radius 1 is 1.08 bits per heavy atom. The van der Waals surface area contributed by atoms with Crippen molar-refractivity contribution >= 4 is 29.5 Å². The van der Waals surface area contributed by atoms with Gasteiger partial charge in [-0.15, -0.1) is 0 Å². The van der Waals surface area contributed by atoms with E-state index in [-0.39, 0.29) is 60.9 Å². The summed E-state index contributed by atoms with van der Waals surface area (Å²) in [6.45, 7) is 0.288. The van der Waals surface area contributed by atoms with E-state index in [4.69, 9.17) is 0 Å². The lowest BCUT2D eigenvalue weighted by Crippen LogP contribution is -2.42. The van der Waals surface area contributed by atoms with Gasteiger partial charge in [-0.2, -0.15) is 0 Å². The number of nitrogens with one attached hydrogen (secondary N) is 2. The van der Waals surface area contributed by atoms with Crippen LogP contribution in [0.25, 0.3) is 0 Å². The van der Waals surface area contributed by atoms with Gasteiger partial charge in [0.1, 0.15) is 0 Å². The van der Waals surface area contributed by atoms with Gasteiger partial charge in [-0.25, -0.2) is 0 Å². The van der Waals surface area contributed by atoms with E-state index in [1.165, 1.54) is 17.1 Å². The normalized spacial score (nSPS) is 34.5. The molecule has 0 spiro atoms. The first-order valence-electron chi connectivity index (χ1n) is 8.79. The zero-order valence-electron chi connectivity index (χ0n) is 14.0. The quantitative estimate of drug-likeness (QED) is 0.491. The van der Waals surface area contributed by atoms with E-state index in [9.17, 15) is 24.0 Å². The molecule has 2 bridgehead atoms. The number of carbonyl (C=O) groups excluding carboxylic acids is 5. The number of carbonyl (C=O) groups is 5. The van der Waals surface area contributed by atoms with Gasteiger partial charge in [-0.3, -0.25) is 34.2 Å². The predicted octanol–water partition coefficient (Wildman–Crippen LogP) is -0.871. The van der Waals surface area contributed by atoms with Gasteiger partial charge in [0, 0.05) is 25.6 Å². The van der Waals surface area contributed by atoms with Gasteiger partial charge in [-0.1, -0.05) is 18.2 Å². The van der Waals surface area contributed by atoms with Crippen molar-refractivity contribution in [3.63, 3.8) is 0 Å². The Morgan fingerprint density at radius 2 is 1.73 bits per heavy atom. The summed E-state index contributed by atoms with van der Waals surface area (Å²) in [5.74, 6) is -2.48. The lowest BCUT2D eigenvalue weighted by molar-refractivity contribution is -0.141. The molecule has 8 heteroatoms. The minimum atomic E-state index is -0.691. The maximum absolute atomic E-state index is 12.5. The molecule has 0 aromatic heterocycles. The zero-order chi connectivity index (χ0) is 18.4. The molecule has 8 nitrogen and oxygen atoms in total. The number of allylic oxidation sites excluding steroid dienone is 2. The molecular formula is C18H19N3O5. The molecule has 2 heterocycles. The summed E-state index contributed by atoms with van der Waals surface area (Å²) in [7, 11) is 0. The van der Waals surface area contributed by atoms with Crippen molar-refractivity contribution in [3.8, 4) is 0 Å². The van der Waals surface area contributed by atoms with Gasteiger partial charge < -0.3 is 5.32 Å². The Hall–Kier alpha value is -2.77. The third-order valence-corrected chi connectivity index (χ3v) is 5.69. The minimum Gasteiger partial charge on any atom is -0.354 e. The topological polar surface area (TPSA) is 113 Å². The molecule has 0 aromatic rings. The number of rotatable bonds is 5. The van der Waals surface area contributed by atoms with E-state index in [1.807, 2.05) is 12.2 Å². The van der Waals surface area contributed by atoms with E-state index in [2.05, 4.69) is 10.6 Å². The molecule has 5 atom stereocenters. The van der Waals surface area contributed by atoms with Gasteiger partial charge in [-0.05, 0) is 18.3 Å². The molecule has 1 saturated heterocycles. The molecule has 26 heavy (non-hydrogen) atoms. The highest BCUT2D eigenvalue weighted by Crippen LogP contribution is 2.52. The number of amides is 5. The summed E-state index contributed by atoms with van der Waals surface area (Å²) in [5.41, 5.74) is 0. The average Bonchev–Trinajstić information content (AvgIpc) is 3.27. The molecule has 5 amide bonds. The fraction of sp³-hybridized carbons (Fsp3) is 0.500. The highest BCUT2D eigenvalue weighted by molar-refractivity contribution is 6.07. The molecule has 0 aromatic carbocycles. The van der Waals surface area contributed by atoms with Gasteiger partial charge in [0.15, 0.2) is 0 Å². The maximum atomic E-state index is 12.5. The summed E-state index contributed by atoms with van der Waals surface area (Å²) in [6.07, 6.45) is 7.50. The van der Waals surface area contributed by atoms with Crippen LogP contribution in [0.5, 0.6) is 0 Å². The SMILES string of the molecule is O=C1C=CC(CC(=O)NCCN2C(=O)[C@@H]3[C@H](C2=O)[C@H]2C=C[C@@H]3C2)C(=O)N1. The van der Waals surface area contributed by atoms with E-state index in [0.29, 0.717) is 0 Å². The van der Waals surface area contributed by atoms with Crippen LogP contribution in [-0.4, -0.2) is 47.5 Å². The second kappa shape index (κ2) is 6.19. The van der Waals surface area contributed by atoms with E-state index in [0.717, 1.165) is 6.42 Å². The number of likely N-dealkylation sites (tertiary alicyclic amines) is 1. The van der Waals surface area contributed by atoms with E-state index in [1.54, 1.807) is 0 Å². The van der Waals surface area contributed by atoms with Crippen molar-refractivity contribution < 1.29 is 24.0 Å². The Balaban J connectivity index is 1.28. The lowest BCUT2D eigenvalue weighted by Gasteiger charge is -2.18. The molecule has 1 unspecified atom stereocenters. The monoisotopic (exact) mass is 357 g/mol. The van der Waals surface area contributed by atoms with Crippen molar-refractivity contribution in [2.24, 2.45) is 29.6 Å². The Labute approximate surface area is 149 Å². The fourth-order valence-electron chi connectivity index (χ4n) is 4.47. The summed E-state index contributed by atoms with van der Waals surface area (Å²) in [4.78, 5) is 60.9. The van der Waals surface area contributed by atoms with Crippen LogP contribution in [0.2, 0.25) is 0 Å². The van der Waals surface area contributed by atoms with E-state index >= 15 is 0 Å². The van der Waals surface area contributed by atoms with Crippen molar-refractivity contribution in [1.29, 1.82) is 0 Å².